The Balaban J connectivity index is 1.37. The second kappa shape index (κ2) is 9.79. The van der Waals surface area contributed by atoms with Crippen LogP contribution in [0, 0.1) is 0 Å². The van der Waals surface area contributed by atoms with Gasteiger partial charge in [-0.15, -0.1) is 11.8 Å². The zero-order valence-electron chi connectivity index (χ0n) is 19.3. The molecule has 3 aromatic rings. The van der Waals surface area contributed by atoms with Gasteiger partial charge in [-0.1, -0.05) is 18.2 Å². The third-order valence-corrected chi connectivity index (χ3v) is 7.15. The highest BCUT2D eigenvalue weighted by Gasteiger charge is 2.31. The van der Waals surface area contributed by atoms with Gasteiger partial charge in [-0.05, 0) is 42.0 Å². The maximum absolute atomic E-state index is 13.4. The fourth-order valence-corrected chi connectivity index (χ4v) is 5.38. The minimum atomic E-state index is -0.313. The quantitative estimate of drug-likeness (QED) is 0.536. The molecule has 1 atom stereocenters. The standard InChI is InChI=1S/C26H24N2O6S/c1-31-19-10-8-17(12-21(19)32-2)27-25(29)14-28-18-5-3-4-6-23(18)35-24(13-26(28)30)16-7-9-20-22(11-16)34-15-33-20/h3-12,24H,13-15H2,1-2H3,(H,27,29). The minimum Gasteiger partial charge on any atom is -0.493 e. The average Bonchev–Trinajstić information content (AvgIpc) is 3.30. The number of hydrogen-bond donors (Lipinski definition) is 1. The Kier molecular flexibility index (Phi) is 6.41. The second-order valence-corrected chi connectivity index (χ2v) is 9.23. The Morgan fingerprint density at radius 3 is 2.66 bits per heavy atom. The molecule has 3 aromatic carbocycles. The van der Waals surface area contributed by atoms with Crippen LogP contribution in [-0.2, 0) is 9.59 Å². The van der Waals surface area contributed by atoms with E-state index in [0.29, 0.717) is 34.4 Å². The fourth-order valence-electron chi connectivity index (χ4n) is 4.11. The number of carbonyl (C=O) groups excluding carboxylic acids is 2. The molecule has 35 heavy (non-hydrogen) atoms. The van der Waals surface area contributed by atoms with Gasteiger partial charge in [0.2, 0.25) is 18.6 Å². The number of carbonyl (C=O) groups is 2. The molecule has 1 unspecified atom stereocenters. The van der Waals surface area contributed by atoms with Crippen LogP contribution in [0.1, 0.15) is 17.2 Å². The summed E-state index contributed by atoms with van der Waals surface area (Å²) in [5, 5.41) is 2.72. The third-order valence-electron chi connectivity index (χ3n) is 5.82. The molecule has 5 rings (SSSR count). The summed E-state index contributed by atoms with van der Waals surface area (Å²) >= 11 is 1.60. The number of nitrogens with zero attached hydrogens (tertiary/aromatic N) is 1. The monoisotopic (exact) mass is 492 g/mol. The number of methoxy groups -OCH3 is 2. The van der Waals surface area contributed by atoms with E-state index in [9.17, 15) is 9.59 Å². The first-order chi connectivity index (χ1) is 17.1. The molecule has 2 aliphatic rings. The highest BCUT2D eigenvalue weighted by molar-refractivity contribution is 7.99. The summed E-state index contributed by atoms with van der Waals surface area (Å²) in [4.78, 5) is 28.9. The Bertz CT molecular complexity index is 1280. The molecule has 0 saturated heterocycles. The summed E-state index contributed by atoms with van der Waals surface area (Å²) in [7, 11) is 3.08. The Labute approximate surface area is 207 Å². The maximum atomic E-state index is 13.4. The molecule has 0 radical (unpaired) electrons. The van der Waals surface area contributed by atoms with E-state index in [4.69, 9.17) is 18.9 Å². The zero-order chi connectivity index (χ0) is 24.4. The topological polar surface area (TPSA) is 86.3 Å². The normalized spacial score (nSPS) is 16.3. The van der Waals surface area contributed by atoms with E-state index in [1.807, 2.05) is 42.5 Å². The lowest BCUT2D eigenvalue weighted by atomic mass is 10.1. The summed E-state index contributed by atoms with van der Waals surface area (Å²) in [6, 6.07) is 18.5. The number of hydrogen-bond acceptors (Lipinski definition) is 7. The zero-order valence-corrected chi connectivity index (χ0v) is 20.1. The predicted octanol–water partition coefficient (Wildman–Crippen LogP) is 4.64. The van der Waals surface area contributed by atoms with E-state index < -0.39 is 0 Å². The van der Waals surface area contributed by atoms with Crippen LogP contribution in [0.5, 0.6) is 23.0 Å². The number of ether oxygens (including phenoxy) is 4. The number of anilines is 2. The summed E-state index contributed by atoms with van der Waals surface area (Å²) in [6.07, 6.45) is 0.239. The van der Waals surface area contributed by atoms with Crippen molar-refractivity contribution in [1.29, 1.82) is 0 Å². The van der Waals surface area contributed by atoms with Crippen LogP contribution in [-0.4, -0.2) is 39.4 Å². The smallest absolute Gasteiger partial charge is 0.244 e. The van der Waals surface area contributed by atoms with Crippen molar-refractivity contribution in [2.24, 2.45) is 0 Å². The van der Waals surface area contributed by atoms with Crippen molar-refractivity contribution in [3.63, 3.8) is 0 Å². The van der Waals surface area contributed by atoms with Crippen LogP contribution in [0.4, 0.5) is 11.4 Å². The first kappa shape index (κ1) is 22.9. The molecule has 2 amide bonds. The van der Waals surface area contributed by atoms with Crippen LogP contribution >= 0.6 is 11.8 Å². The Morgan fingerprint density at radius 1 is 1.03 bits per heavy atom. The minimum absolute atomic E-state index is 0.112. The van der Waals surface area contributed by atoms with Crippen LogP contribution < -0.4 is 29.2 Å². The van der Waals surface area contributed by atoms with E-state index in [2.05, 4.69) is 5.32 Å². The van der Waals surface area contributed by atoms with Crippen molar-refractivity contribution >= 4 is 35.0 Å². The van der Waals surface area contributed by atoms with Crippen molar-refractivity contribution in [1.82, 2.24) is 0 Å². The van der Waals surface area contributed by atoms with Crippen molar-refractivity contribution in [2.45, 2.75) is 16.6 Å². The molecular formula is C26H24N2O6S. The molecular weight excluding hydrogens is 468 g/mol. The lowest BCUT2D eigenvalue weighted by molar-refractivity contribution is -0.121. The van der Waals surface area contributed by atoms with E-state index in [1.54, 1.807) is 42.0 Å². The van der Waals surface area contributed by atoms with E-state index in [0.717, 1.165) is 10.5 Å². The number of benzene rings is 3. The maximum Gasteiger partial charge on any atom is 0.244 e. The molecule has 2 aliphatic heterocycles. The molecule has 0 fully saturated rings. The lowest BCUT2D eigenvalue weighted by Gasteiger charge is -2.22. The Hall–Kier alpha value is -3.85. The Morgan fingerprint density at radius 2 is 1.83 bits per heavy atom. The second-order valence-electron chi connectivity index (χ2n) is 7.99. The average molecular weight is 493 g/mol. The fraction of sp³-hybridized carbons (Fsp3) is 0.231. The van der Waals surface area contributed by atoms with Crippen LogP contribution in [0.3, 0.4) is 0 Å². The number of thioether (sulfide) groups is 1. The van der Waals surface area contributed by atoms with Gasteiger partial charge in [0.15, 0.2) is 23.0 Å². The summed E-state index contributed by atoms with van der Waals surface area (Å²) < 4.78 is 21.5. The highest BCUT2D eigenvalue weighted by Crippen LogP contribution is 2.47. The molecule has 0 aromatic heterocycles. The van der Waals surface area contributed by atoms with Gasteiger partial charge in [0, 0.05) is 28.3 Å². The predicted molar refractivity (Wildman–Crippen MR) is 133 cm³/mol. The molecule has 9 heteroatoms. The summed E-state index contributed by atoms with van der Waals surface area (Å²) in [5.41, 5.74) is 2.24. The van der Waals surface area contributed by atoms with Gasteiger partial charge in [-0.25, -0.2) is 0 Å². The van der Waals surface area contributed by atoms with Crippen LogP contribution in [0.2, 0.25) is 0 Å². The molecule has 0 aliphatic carbocycles. The van der Waals surface area contributed by atoms with E-state index in [1.165, 1.54) is 7.11 Å². The van der Waals surface area contributed by atoms with Gasteiger partial charge in [0.25, 0.3) is 0 Å². The molecule has 2 heterocycles. The van der Waals surface area contributed by atoms with Crippen molar-refractivity contribution < 1.29 is 28.5 Å². The van der Waals surface area contributed by atoms with Gasteiger partial charge >= 0.3 is 0 Å². The molecule has 0 spiro atoms. The molecule has 8 nitrogen and oxygen atoms in total. The molecule has 180 valence electrons. The number of para-hydroxylation sites is 1. The van der Waals surface area contributed by atoms with Gasteiger partial charge < -0.3 is 29.2 Å². The first-order valence-corrected chi connectivity index (χ1v) is 11.9. The van der Waals surface area contributed by atoms with Crippen molar-refractivity contribution in [3.05, 3.63) is 66.2 Å². The van der Waals surface area contributed by atoms with Crippen molar-refractivity contribution in [3.8, 4) is 23.0 Å². The van der Waals surface area contributed by atoms with Gasteiger partial charge in [-0.2, -0.15) is 0 Å². The molecule has 1 N–H and O–H groups in total. The largest absolute Gasteiger partial charge is 0.493 e. The highest BCUT2D eigenvalue weighted by atomic mass is 32.2. The van der Waals surface area contributed by atoms with E-state index >= 15 is 0 Å². The van der Waals surface area contributed by atoms with Crippen LogP contribution in [0.15, 0.2) is 65.6 Å². The lowest BCUT2D eigenvalue weighted by Crippen LogP contribution is -2.38. The van der Waals surface area contributed by atoms with Crippen molar-refractivity contribution in [2.75, 3.05) is 37.8 Å². The van der Waals surface area contributed by atoms with Crippen LogP contribution in [0.25, 0.3) is 0 Å². The summed E-state index contributed by atoms with van der Waals surface area (Å²) in [5.74, 6) is 2.00. The van der Waals surface area contributed by atoms with E-state index in [-0.39, 0.29) is 36.8 Å². The van der Waals surface area contributed by atoms with Gasteiger partial charge in [0.1, 0.15) is 6.54 Å². The first-order valence-electron chi connectivity index (χ1n) is 11.0. The van der Waals surface area contributed by atoms with Gasteiger partial charge in [-0.3, -0.25) is 9.59 Å². The summed E-state index contributed by atoms with van der Waals surface area (Å²) in [6.45, 7) is 0.0833. The number of amides is 2. The number of nitrogens with one attached hydrogen (secondary N) is 1. The number of rotatable bonds is 6. The number of fused-ring (bicyclic) bond motifs is 2. The SMILES string of the molecule is COc1ccc(NC(=O)CN2C(=O)CC(c3ccc4c(c3)OCO4)Sc3ccccc32)cc1OC. The molecule has 0 bridgehead atoms. The molecule has 0 saturated carbocycles. The third kappa shape index (κ3) is 4.72. The van der Waals surface area contributed by atoms with Gasteiger partial charge in [0.05, 0.1) is 19.9 Å².